The summed E-state index contributed by atoms with van der Waals surface area (Å²) in [5.74, 6) is 1.35. The number of aromatic amines is 1. The standard InChI is InChI=1S/C15H20N2O4/c1-5-6-16-15(18)9-8-17-10-7-11(19-2)13(20-3)14(21-4)12(9)10/h7-8,17H,5-6H2,1-4H3,(H,16,18). The van der Waals surface area contributed by atoms with Gasteiger partial charge in [0.2, 0.25) is 5.75 Å². The Hall–Kier alpha value is -2.37. The topological polar surface area (TPSA) is 72.6 Å². The van der Waals surface area contributed by atoms with Crippen LogP contribution in [0.4, 0.5) is 0 Å². The van der Waals surface area contributed by atoms with Crippen LogP contribution >= 0.6 is 0 Å². The van der Waals surface area contributed by atoms with Crippen molar-refractivity contribution in [3.63, 3.8) is 0 Å². The molecule has 0 saturated heterocycles. The van der Waals surface area contributed by atoms with Crippen molar-refractivity contribution in [3.05, 3.63) is 17.8 Å². The molecule has 21 heavy (non-hydrogen) atoms. The maximum Gasteiger partial charge on any atom is 0.253 e. The van der Waals surface area contributed by atoms with Gasteiger partial charge in [0, 0.05) is 18.8 Å². The minimum Gasteiger partial charge on any atom is -0.493 e. The monoisotopic (exact) mass is 292 g/mol. The van der Waals surface area contributed by atoms with E-state index in [0.717, 1.165) is 11.9 Å². The summed E-state index contributed by atoms with van der Waals surface area (Å²) in [7, 11) is 4.63. The molecule has 6 nitrogen and oxygen atoms in total. The lowest BCUT2D eigenvalue weighted by Crippen LogP contribution is -2.23. The fourth-order valence-electron chi connectivity index (χ4n) is 2.27. The molecule has 1 amide bonds. The lowest BCUT2D eigenvalue weighted by Gasteiger charge is -2.13. The van der Waals surface area contributed by atoms with E-state index in [1.807, 2.05) is 6.92 Å². The van der Waals surface area contributed by atoms with Crippen molar-refractivity contribution in [2.75, 3.05) is 27.9 Å². The van der Waals surface area contributed by atoms with E-state index in [1.165, 1.54) is 14.2 Å². The number of aromatic nitrogens is 1. The molecule has 0 bridgehead atoms. The molecule has 0 atom stereocenters. The molecule has 6 heteroatoms. The molecule has 0 aliphatic rings. The van der Waals surface area contributed by atoms with Gasteiger partial charge in [-0.05, 0) is 6.42 Å². The molecule has 1 heterocycles. The van der Waals surface area contributed by atoms with Gasteiger partial charge >= 0.3 is 0 Å². The number of rotatable bonds is 6. The van der Waals surface area contributed by atoms with E-state index in [2.05, 4.69) is 10.3 Å². The van der Waals surface area contributed by atoms with Crippen LogP contribution in [0, 0.1) is 0 Å². The first-order chi connectivity index (χ1) is 10.2. The van der Waals surface area contributed by atoms with Crippen molar-refractivity contribution in [2.24, 2.45) is 0 Å². The van der Waals surface area contributed by atoms with E-state index in [4.69, 9.17) is 14.2 Å². The molecule has 2 rings (SSSR count). The first kappa shape index (κ1) is 15.0. The number of H-pyrrole nitrogens is 1. The second kappa shape index (κ2) is 6.39. The van der Waals surface area contributed by atoms with Gasteiger partial charge in [0.25, 0.3) is 5.91 Å². The van der Waals surface area contributed by atoms with Crippen LogP contribution in [0.25, 0.3) is 10.9 Å². The number of fused-ring (bicyclic) bond motifs is 1. The van der Waals surface area contributed by atoms with Gasteiger partial charge in [-0.3, -0.25) is 4.79 Å². The van der Waals surface area contributed by atoms with Gasteiger partial charge in [-0.2, -0.15) is 0 Å². The van der Waals surface area contributed by atoms with Crippen molar-refractivity contribution in [2.45, 2.75) is 13.3 Å². The normalized spacial score (nSPS) is 10.5. The Kier molecular flexibility index (Phi) is 4.57. The summed E-state index contributed by atoms with van der Waals surface area (Å²) >= 11 is 0. The molecular weight excluding hydrogens is 272 g/mol. The second-order valence-corrected chi connectivity index (χ2v) is 4.53. The fraction of sp³-hybridized carbons (Fsp3) is 0.400. The minimum atomic E-state index is -0.145. The summed E-state index contributed by atoms with van der Waals surface area (Å²) in [6.45, 7) is 2.63. The van der Waals surface area contributed by atoms with E-state index in [9.17, 15) is 4.79 Å². The van der Waals surface area contributed by atoms with Gasteiger partial charge in [0.05, 0.1) is 37.8 Å². The van der Waals surface area contributed by atoms with E-state index < -0.39 is 0 Å². The first-order valence-electron chi connectivity index (χ1n) is 6.76. The summed E-state index contributed by atoms with van der Waals surface area (Å²) in [5.41, 5.74) is 1.28. The summed E-state index contributed by atoms with van der Waals surface area (Å²) in [5, 5.41) is 3.54. The fourth-order valence-corrected chi connectivity index (χ4v) is 2.27. The van der Waals surface area contributed by atoms with Crippen LogP contribution in [0.5, 0.6) is 17.2 Å². The van der Waals surface area contributed by atoms with Crippen molar-refractivity contribution >= 4 is 16.8 Å². The van der Waals surface area contributed by atoms with Crippen molar-refractivity contribution < 1.29 is 19.0 Å². The molecular formula is C15H20N2O4. The highest BCUT2D eigenvalue weighted by Crippen LogP contribution is 2.44. The first-order valence-corrected chi connectivity index (χ1v) is 6.76. The molecule has 0 unspecified atom stereocenters. The molecule has 0 spiro atoms. The summed E-state index contributed by atoms with van der Waals surface area (Å²) in [6, 6.07) is 1.79. The zero-order chi connectivity index (χ0) is 15.4. The molecule has 114 valence electrons. The van der Waals surface area contributed by atoms with Crippen molar-refractivity contribution in [1.29, 1.82) is 0 Å². The number of hydrogen-bond donors (Lipinski definition) is 2. The Balaban J connectivity index is 2.62. The maximum atomic E-state index is 12.2. The maximum absolute atomic E-state index is 12.2. The molecule has 2 N–H and O–H groups in total. The summed E-state index contributed by atoms with van der Waals surface area (Å²) in [6.07, 6.45) is 2.54. The molecule has 0 aliphatic heterocycles. The van der Waals surface area contributed by atoms with Crippen molar-refractivity contribution in [3.8, 4) is 17.2 Å². The van der Waals surface area contributed by atoms with E-state index >= 15 is 0 Å². The van der Waals surface area contributed by atoms with Crippen LogP contribution in [0.1, 0.15) is 23.7 Å². The largest absolute Gasteiger partial charge is 0.493 e. The van der Waals surface area contributed by atoms with Gasteiger partial charge in [-0.15, -0.1) is 0 Å². The zero-order valence-corrected chi connectivity index (χ0v) is 12.7. The molecule has 0 saturated carbocycles. The van der Waals surface area contributed by atoms with Crippen LogP contribution in [-0.2, 0) is 0 Å². The second-order valence-electron chi connectivity index (χ2n) is 4.53. The lowest BCUT2D eigenvalue weighted by molar-refractivity contribution is 0.0955. The highest BCUT2D eigenvalue weighted by Gasteiger charge is 2.22. The van der Waals surface area contributed by atoms with Crippen LogP contribution < -0.4 is 19.5 Å². The highest BCUT2D eigenvalue weighted by atomic mass is 16.5. The number of methoxy groups -OCH3 is 3. The van der Waals surface area contributed by atoms with Gasteiger partial charge in [0.15, 0.2) is 11.5 Å². The molecule has 2 aromatic rings. The third kappa shape index (κ3) is 2.61. The number of nitrogens with one attached hydrogen (secondary N) is 2. The highest BCUT2D eigenvalue weighted by molar-refractivity contribution is 6.10. The number of carbonyl (C=O) groups excluding carboxylic acids is 1. The Labute approximate surface area is 123 Å². The lowest BCUT2D eigenvalue weighted by atomic mass is 10.1. The van der Waals surface area contributed by atoms with E-state index in [1.54, 1.807) is 19.4 Å². The number of ether oxygens (including phenoxy) is 3. The Morgan fingerprint density at radius 1 is 1.19 bits per heavy atom. The quantitative estimate of drug-likeness (QED) is 0.857. The van der Waals surface area contributed by atoms with Crippen LogP contribution in [0.2, 0.25) is 0 Å². The molecule has 1 aromatic heterocycles. The van der Waals surface area contributed by atoms with Crippen LogP contribution in [0.3, 0.4) is 0 Å². The Morgan fingerprint density at radius 3 is 2.48 bits per heavy atom. The third-order valence-corrected chi connectivity index (χ3v) is 3.25. The SMILES string of the molecule is CCCNC(=O)c1c[nH]c2cc(OC)c(OC)c(OC)c12. The average molecular weight is 292 g/mol. The summed E-state index contributed by atoms with van der Waals surface area (Å²) < 4.78 is 16.1. The van der Waals surface area contributed by atoms with Crippen LogP contribution in [-0.4, -0.2) is 38.8 Å². The summed E-state index contributed by atoms with van der Waals surface area (Å²) in [4.78, 5) is 15.3. The predicted octanol–water partition coefficient (Wildman–Crippen LogP) is 2.33. The average Bonchev–Trinajstić information content (AvgIpc) is 2.93. The Morgan fingerprint density at radius 2 is 1.90 bits per heavy atom. The van der Waals surface area contributed by atoms with Crippen LogP contribution in [0.15, 0.2) is 12.3 Å². The third-order valence-electron chi connectivity index (χ3n) is 3.25. The molecule has 0 fully saturated rings. The number of carbonyl (C=O) groups is 1. The number of benzene rings is 1. The Bertz CT molecular complexity index is 649. The molecule has 0 radical (unpaired) electrons. The van der Waals surface area contributed by atoms with E-state index in [-0.39, 0.29) is 5.91 Å². The van der Waals surface area contributed by atoms with Gasteiger partial charge in [0.1, 0.15) is 0 Å². The van der Waals surface area contributed by atoms with Gasteiger partial charge in [-0.1, -0.05) is 6.92 Å². The number of hydrogen-bond acceptors (Lipinski definition) is 4. The van der Waals surface area contributed by atoms with Gasteiger partial charge in [-0.25, -0.2) is 0 Å². The van der Waals surface area contributed by atoms with Gasteiger partial charge < -0.3 is 24.5 Å². The predicted molar refractivity (Wildman–Crippen MR) is 80.6 cm³/mol. The minimum absolute atomic E-state index is 0.145. The van der Waals surface area contributed by atoms with Crippen molar-refractivity contribution in [1.82, 2.24) is 10.3 Å². The zero-order valence-electron chi connectivity index (χ0n) is 12.7. The molecule has 1 aromatic carbocycles. The smallest absolute Gasteiger partial charge is 0.253 e. The number of amides is 1. The van der Waals surface area contributed by atoms with E-state index in [0.29, 0.717) is 34.7 Å². The molecule has 0 aliphatic carbocycles.